The van der Waals surface area contributed by atoms with E-state index in [1.54, 1.807) is 0 Å². The number of nitrogens with zero attached hydrogens (tertiary/aromatic N) is 2. The van der Waals surface area contributed by atoms with Crippen LogP contribution in [0.15, 0.2) is 54.6 Å². The molecule has 2 N–H and O–H groups in total. The van der Waals surface area contributed by atoms with Crippen LogP contribution in [-0.4, -0.2) is 15.3 Å². The molecule has 134 valence electrons. The molecule has 1 atom stereocenters. The second-order valence-electron chi connectivity index (χ2n) is 6.14. The summed E-state index contributed by atoms with van der Waals surface area (Å²) in [6, 6.07) is 17.8. The maximum atomic E-state index is 12.0. The monoisotopic (exact) mass is 366 g/mol. The van der Waals surface area contributed by atoms with Gasteiger partial charge >= 0.3 is 0 Å². The molecule has 1 amide bonds. The molecular formula is C20H22N4OS. The van der Waals surface area contributed by atoms with Gasteiger partial charge in [0.25, 0.3) is 0 Å². The number of carbonyl (C=O) groups excluding carboxylic acids is 1. The number of aromatic nitrogens is 2. The fraction of sp³-hybridized carbons (Fsp3) is 0.250. The van der Waals surface area contributed by atoms with Gasteiger partial charge in [0.05, 0.1) is 0 Å². The van der Waals surface area contributed by atoms with E-state index >= 15 is 0 Å². The van der Waals surface area contributed by atoms with E-state index in [2.05, 4.69) is 20.0 Å². The fourth-order valence-corrected chi connectivity index (χ4v) is 2.97. The third-order valence-corrected chi connectivity index (χ3v) is 4.83. The number of anilines is 2. The Morgan fingerprint density at radius 3 is 2.73 bits per heavy atom. The number of carbonyl (C=O) groups is 1. The average Bonchev–Trinajstić information content (AvgIpc) is 3.16. The van der Waals surface area contributed by atoms with Crippen molar-refractivity contribution in [1.82, 2.24) is 9.36 Å². The molecule has 0 fully saturated rings. The SMILES string of the molecule is CCC(C)C(=O)Nc1cccc(CNc2nc(-c3ccccc3)ns2)c1. The molecule has 2 aromatic carbocycles. The third-order valence-electron chi connectivity index (χ3n) is 4.16. The summed E-state index contributed by atoms with van der Waals surface area (Å²) >= 11 is 1.34. The summed E-state index contributed by atoms with van der Waals surface area (Å²) < 4.78 is 4.40. The van der Waals surface area contributed by atoms with Crippen molar-refractivity contribution in [2.24, 2.45) is 5.92 Å². The number of nitrogens with one attached hydrogen (secondary N) is 2. The van der Waals surface area contributed by atoms with Crippen LogP contribution in [0, 0.1) is 5.92 Å². The van der Waals surface area contributed by atoms with Crippen molar-refractivity contribution in [1.29, 1.82) is 0 Å². The van der Waals surface area contributed by atoms with E-state index in [4.69, 9.17) is 0 Å². The molecule has 5 nitrogen and oxygen atoms in total. The minimum absolute atomic E-state index is 0.00887. The maximum Gasteiger partial charge on any atom is 0.227 e. The van der Waals surface area contributed by atoms with Gasteiger partial charge in [-0.2, -0.15) is 9.36 Å². The molecule has 0 aliphatic rings. The summed E-state index contributed by atoms with van der Waals surface area (Å²) in [6.45, 7) is 4.56. The van der Waals surface area contributed by atoms with Gasteiger partial charge < -0.3 is 10.6 Å². The molecule has 1 unspecified atom stereocenters. The lowest BCUT2D eigenvalue weighted by atomic mass is 10.1. The quantitative estimate of drug-likeness (QED) is 0.630. The molecule has 0 radical (unpaired) electrons. The summed E-state index contributed by atoms with van der Waals surface area (Å²) in [7, 11) is 0. The van der Waals surface area contributed by atoms with E-state index in [9.17, 15) is 4.79 Å². The van der Waals surface area contributed by atoms with E-state index in [-0.39, 0.29) is 11.8 Å². The van der Waals surface area contributed by atoms with Gasteiger partial charge in [-0.15, -0.1) is 0 Å². The fourth-order valence-electron chi connectivity index (χ4n) is 2.39. The van der Waals surface area contributed by atoms with Crippen LogP contribution in [0.4, 0.5) is 10.8 Å². The van der Waals surface area contributed by atoms with Crippen molar-refractivity contribution < 1.29 is 4.79 Å². The van der Waals surface area contributed by atoms with Crippen molar-refractivity contribution in [3.05, 3.63) is 60.2 Å². The first kappa shape index (κ1) is 18.1. The van der Waals surface area contributed by atoms with Crippen LogP contribution in [-0.2, 0) is 11.3 Å². The van der Waals surface area contributed by atoms with Crippen LogP contribution in [0.5, 0.6) is 0 Å². The van der Waals surface area contributed by atoms with Crippen LogP contribution in [0.3, 0.4) is 0 Å². The molecule has 1 heterocycles. The minimum atomic E-state index is 0.00887. The molecule has 26 heavy (non-hydrogen) atoms. The Kier molecular flexibility index (Phi) is 5.96. The summed E-state index contributed by atoms with van der Waals surface area (Å²) in [4.78, 5) is 16.6. The van der Waals surface area contributed by atoms with Crippen LogP contribution < -0.4 is 10.6 Å². The average molecular weight is 366 g/mol. The Hall–Kier alpha value is -2.73. The van der Waals surface area contributed by atoms with Gasteiger partial charge in [-0.05, 0) is 24.1 Å². The van der Waals surface area contributed by atoms with Crippen LogP contribution in [0.25, 0.3) is 11.4 Å². The second-order valence-corrected chi connectivity index (χ2v) is 6.89. The van der Waals surface area contributed by atoms with E-state index < -0.39 is 0 Å². The van der Waals surface area contributed by atoms with Crippen molar-refractivity contribution >= 4 is 28.3 Å². The van der Waals surface area contributed by atoms with Gasteiger partial charge in [-0.1, -0.05) is 56.3 Å². The van der Waals surface area contributed by atoms with E-state index in [1.807, 2.05) is 68.4 Å². The topological polar surface area (TPSA) is 66.9 Å². The van der Waals surface area contributed by atoms with Gasteiger partial charge in [0, 0.05) is 35.2 Å². The van der Waals surface area contributed by atoms with Gasteiger partial charge in [-0.25, -0.2) is 0 Å². The first-order valence-corrected chi connectivity index (χ1v) is 9.46. The first-order valence-electron chi connectivity index (χ1n) is 8.68. The Balaban J connectivity index is 1.61. The summed E-state index contributed by atoms with van der Waals surface area (Å²) in [6.07, 6.45) is 0.827. The zero-order valence-corrected chi connectivity index (χ0v) is 15.7. The normalized spacial score (nSPS) is 11.8. The van der Waals surface area contributed by atoms with Crippen molar-refractivity contribution in [2.75, 3.05) is 10.6 Å². The molecule has 0 aliphatic carbocycles. The largest absolute Gasteiger partial charge is 0.356 e. The Morgan fingerprint density at radius 1 is 1.15 bits per heavy atom. The zero-order valence-electron chi connectivity index (χ0n) is 14.9. The highest BCUT2D eigenvalue weighted by Gasteiger charge is 2.11. The highest BCUT2D eigenvalue weighted by Crippen LogP contribution is 2.21. The Labute approximate surface area is 157 Å². The van der Waals surface area contributed by atoms with Crippen LogP contribution in [0.1, 0.15) is 25.8 Å². The van der Waals surface area contributed by atoms with Crippen LogP contribution >= 0.6 is 11.5 Å². The van der Waals surface area contributed by atoms with Crippen molar-refractivity contribution in [3.8, 4) is 11.4 Å². The summed E-state index contributed by atoms with van der Waals surface area (Å²) in [5, 5.41) is 7.04. The minimum Gasteiger partial charge on any atom is -0.356 e. The molecule has 0 spiro atoms. The predicted octanol–water partition coefficient (Wildman–Crippen LogP) is 4.80. The molecule has 3 aromatic rings. The summed E-state index contributed by atoms with van der Waals surface area (Å²) in [5.41, 5.74) is 2.90. The predicted molar refractivity (Wildman–Crippen MR) is 107 cm³/mol. The molecule has 0 aliphatic heterocycles. The molecule has 0 saturated carbocycles. The second kappa shape index (κ2) is 8.58. The molecule has 0 bridgehead atoms. The molecule has 3 rings (SSSR count). The molecule has 1 aromatic heterocycles. The number of hydrogen-bond acceptors (Lipinski definition) is 5. The van der Waals surface area contributed by atoms with Crippen molar-refractivity contribution in [3.63, 3.8) is 0 Å². The number of rotatable bonds is 7. The molecular weight excluding hydrogens is 344 g/mol. The van der Waals surface area contributed by atoms with Gasteiger partial charge in [-0.3, -0.25) is 4.79 Å². The van der Waals surface area contributed by atoms with E-state index in [0.29, 0.717) is 6.54 Å². The number of hydrogen-bond donors (Lipinski definition) is 2. The van der Waals surface area contributed by atoms with Gasteiger partial charge in [0.15, 0.2) is 5.82 Å². The zero-order chi connectivity index (χ0) is 18.4. The molecule has 0 saturated heterocycles. The maximum absolute atomic E-state index is 12.0. The Morgan fingerprint density at radius 2 is 1.96 bits per heavy atom. The highest BCUT2D eigenvalue weighted by atomic mass is 32.1. The first-order chi connectivity index (χ1) is 12.7. The highest BCUT2D eigenvalue weighted by molar-refractivity contribution is 7.09. The number of benzene rings is 2. The van der Waals surface area contributed by atoms with E-state index in [0.717, 1.165) is 34.2 Å². The lowest BCUT2D eigenvalue weighted by Crippen LogP contribution is -2.19. The van der Waals surface area contributed by atoms with Crippen molar-refractivity contribution in [2.45, 2.75) is 26.8 Å². The summed E-state index contributed by atoms with van der Waals surface area (Å²) in [5.74, 6) is 0.788. The van der Waals surface area contributed by atoms with Crippen LogP contribution in [0.2, 0.25) is 0 Å². The standard InChI is InChI=1S/C20H22N4OS/c1-3-14(2)19(25)22-17-11-7-8-15(12-17)13-21-20-23-18(24-26-20)16-9-5-4-6-10-16/h4-12,14H,3,13H2,1-2H3,(H,22,25)(H,21,23,24). The lowest BCUT2D eigenvalue weighted by Gasteiger charge is -2.11. The van der Waals surface area contributed by atoms with E-state index in [1.165, 1.54) is 11.5 Å². The Bertz CT molecular complexity index is 863. The number of amides is 1. The lowest BCUT2D eigenvalue weighted by molar-refractivity contribution is -0.119. The molecule has 6 heteroatoms. The van der Waals surface area contributed by atoms with Gasteiger partial charge in [0.2, 0.25) is 11.0 Å². The third kappa shape index (κ3) is 4.67. The smallest absolute Gasteiger partial charge is 0.227 e. The van der Waals surface area contributed by atoms with Gasteiger partial charge in [0.1, 0.15) is 0 Å².